The third-order valence-corrected chi connectivity index (χ3v) is 4.27. The Morgan fingerprint density at radius 3 is 2.52 bits per heavy atom. The normalized spacial score (nSPS) is 20.2. The Labute approximate surface area is 141 Å². The third-order valence-electron chi connectivity index (χ3n) is 4.27. The van der Waals surface area contributed by atoms with Crippen LogP contribution in [0.25, 0.3) is 11.3 Å². The van der Waals surface area contributed by atoms with Gasteiger partial charge in [0.25, 0.3) is 0 Å². The number of nitrogens with zero attached hydrogens (tertiary/aromatic N) is 3. The number of phenols is 1. The van der Waals surface area contributed by atoms with Gasteiger partial charge in [-0.05, 0) is 43.9 Å². The molecule has 3 N–H and O–H groups in total. The van der Waals surface area contributed by atoms with Gasteiger partial charge in [-0.3, -0.25) is 0 Å². The number of phenolic OH excluding ortho intramolecular Hbond substituents is 1. The molecule has 0 atom stereocenters. The van der Waals surface area contributed by atoms with Crippen molar-refractivity contribution in [2.45, 2.75) is 32.0 Å². The van der Waals surface area contributed by atoms with E-state index < -0.39 is 17.5 Å². The minimum absolute atomic E-state index is 0.140. The van der Waals surface area contributed by atoms with Gasteiger partial charge in [0, 0.05) is 18.2 Å². The van der Waals surface area contributed by atoms with Crippen LogP contribution < -0.4 is 5.32 Å². The maximum Gasteiger partial charge on any atom is 0.416 e. The van der Waals surface area contributed by atoms with Gasteiger partial charge in [-0.25, -0.2) is 4.98 Å². The van der Waals surface area contributed by atoms with Crippen LogP contribution in [0.5, 0.6) is 5.75 Å². The van der Waals surface area contributed by atoms with Crippen LogP contribution in [0.4, 0.5) is 19.1 Å². The summed E-state index contributed by atoms with van der Waals surface area (Å²) < 4.78 is 38.0. The number of nitrogens with one attached hydrogen (secondary N) is 1. The van der Waals surface area contributed by atoms with Gasteiger partial charge in [-0.2, -0.15) is 13.2 Å². The lowest BCUT2D eigenvalue weighted by Gasteiger charge is -2.34. The number of hydrogen-bond donors (Lipinski definition) is 3. The summed E-state index contributed by atoms with van der Waals surface area (Å²) in [7, 11) is 0. The maximum atomic E-state index is 12.7. The van der Waals surface area contributed by atoms with Gasteiger partial charge in [0.15, 0.2) is 0 Å². The fraction of sp³-hybridized carbons (Fsp3) is 0.438. The van der Waals surface area contributed by atoms with E-state index in [9.17, 15) is 18.3 Å². The monoisotopic (exact) mass is 354 g/mol. The van der Waals surface area contributed by atoms with Crippen LogP contribution in [-0.4, -0.2) is 38.0 Å². The second-order valence-corrected chi connectivity index (χ2v) is 6.16. The van der Waals surface area contributed by atoms with Crippen LogP contribution in [0.15, 0.2) is 18.2 Å². The van der Waals surface area contributed by atoms with Crippen LogP contribution >= 0.6 is 0 Å². The molecule has 0 spiro atoms. The molecule has 0 aliphatic heterocycles. The second-order valence-electron chi connectivity index (χ2n) is 6.16. The van der Waals surface area contributed by atoms with E-state index >= 15 is 0 Å². The molecule has 6 nitrogen and oxygen atoms in total. The number of benzene rings is 1. The molecular weight excluding hydrogens is 337 g/mol. The molecule has 9 heteroatoms. The van der Waals surface area contributed by atoms with Gasteiger partial charge in [0.1, 0.15) is 11.4 Å². The maximum absolute atomic E-state index is 12.7. The molecule has 0 radical (unpaired) electrons. The Hall–Kier alpha value is -2.42. The molecule has 1 aromatic heterocycles. The summed E-state index contributed by atoms with van der Waals surface area (Å²) in [5.41, 5.74) is -0.140. The van der Waals surface area contributed by atoms with Gasteiger partial charge < -0.3 is 15.5 Å². The van der Waals surface area contributed by atoms with Crippen molar-refractivity contribution >= 4 is 5.95 Å². The first-order valence-corrected chi connectivity index (χ1v) is 7.77. The quantitative estimate of drug-likeness (QED) is 0.782. The number of alkyl halides is 3. The van der Waals surface area contributed by atoms with Gasteiger partial charge in [-0.15, -0.1) is 10.2 Å². The molecular formula is C16H17F3N4O2. The molecule has 1 fully saturated rings. The Balaban J connectivity index is 1.79. The zero-order valence-electron chi connectivity index (χ0n) is 13.4. The topological polar surface area (TPSA) is 91.2 Å². The third kappa shape index (κ3) is 3.65. The van der Waals surface area contributed by atoms with E-state index in [1.807, 2.05) is 0 Å². The van der Waals surface area contributed by atoms with Gasteiger partial charge in [-0.1, -0.05) is 0 Å². The van der Waals surface area contributed by atoms with Crippen molar-refractivity contribution in [3.8, 4) is 17.0 Å². The first kappa shape index (κ1) is 17.4. The number of aliphatic hydroxyl groups is 1. The van der Waals surface area contributed by atoms with E-state index in [-0.39, 0.29) is 29.8 Å². The molecule has 0 saturated heterocycles. The standard InChI is InChI=1S/C16H17F3N4O2/c1-8-14(12-3-2-10(6-13(12)25)16(17,18)19)22-23-15(20-8)21-11-4-9(5-11)7-24/h2-3,6,9,11,24-25H,4-5,7H2,1H3,(H,20,21,23)/t9-,11-. The first-order valence-electron chi connectivity index (χ1n) is 7.77. The van der Waals surface area contributed by atoms with E-state index in [0.29, 0.717) is 17.7 Å². The van der Waals surface area contributed by atoms with E-state index in [1.165, 1.54) is 0 Å². The van der Waals surface area contributed by atoms with Crippen molar-refractivity contribution in [1.82, 2.24) is 15.2 Å². The molecule has 1 saturated carbocycles. The SMILES string of the molecule is Cc1nc(N[C@H]2C[C@H](CO)C2)nnc1-c1ccc(C(F)(F)F)cc1O. The Morgan fingerprint density at radius 2 is 1.96 bits per heavy atom. The summed E-state index contributed by atoms with van der Waals surface area (Å²) >= 11 is 0. The fourth-order valence-electron chi connectivity index (χ4n) is 2.81. The van der Waals surface area contributed by atoms with Crippen molar-refractivity contribution in [2.75, 3.05) is 11.9 Å². The average Bonchev–Trinajstić information content (AvgIpc) is 2.50. The predicted molar refractivity (Wildman–Crippen MR) is 83.9 cm³/mol. The highest BCUT2D eigenvalue weighted by Crippen LogP contribution is 2.36. The number of rotatable bonds is 4. The van der Waals surface area contributed by atoms with Crippen molar-refractivity contribution in [3.63, 3.8) is 0 Å². The van der Waals surface area contributed by atoms with Gasteiger partial charge >= 0.3 is 6.18 Å². The highest BCUT2D eigenvalue weighted by Gasteiger charge is 2.32. The Morgan fingerprint density at radius 1 is 1.24 bits per heavy atom. The smallest absolute Gasteiger partial charge is 0.416 e. The van der Waals surface area contributed by atoms with Gasteiger partial charge in [0.05, 0.1) is 11.3 Å². The molecule has 1 aliphatic carbocycles. The van der Waals surface area contributed by atoms with Crippen molar-refractivity contribution in [1.29, 1.82) is 0 Å². The number of aromatic nitrogens is 3. The van der Waals surface area contributed by atoms with Crippen LogP contribution in [-0.2, 0) is 6.18 Å². The van der Waals surface area contributed by atoms with Crippen LogP contribution in [0, 0.1) is 12.8 Å². The van der Waals surface area contributed by atoms with Crippen LogP contribution in [0.1, 0.15) is 24.1 Å². The van der Waals surface area contributed by atoms with E-state index in [4.69, 9.17) is 5.11 Å². The number of anilines is 1. The van der Waals surface area contributed by atoms with Crippen molar-refractivity contribution in [2.24, 2.45) is 5.92 Å². The summed E-state index contributed by atoms with van der Waals surface area (Å²) in [4.78, 5) is 4.25. The summed E-state index contributed by atoms with van der Waals surface area (Å²) in [6.45, 7) is 1.80. The summed E-state index contributed by atoms with van der Waals surface area (Å²) in [6.07, 6.45) is -2.89. The fourth-order valence-corrected chi connectivity index (χ4v) is 2.81. The van der Waals surface area contributed by atoms with Crippen molar-refractivity contribution in [3.05, 3.63) is 29.5 Å². The molecule has 1 heterocycles. The molecule has 3 rings (SSSR count). The molecule has 0 unspecified atom stereocenters. The van der Waals surface area contributed by atoms with E-state index in [0.717, 1.165) is 25.0 Å². The minimum Gasteiger partial charge on any atom is -0.507 e. The highest BCUT2D eigenvalue weighted by molar-refractivity contribution is 5.69. The highest BCUT2D eigenvalue weighted by atomic mass is 19.4. The predicted octanol–water partition coefficient (Wildman–Crippen LogP) is 2.75. The summed E-state index contributed by atoms with van der Waals surface area (Å²) in [6, 6.07) is 2.86. The molecule has 134 valence electrons. The van der Waals surface area contributed by atoms with Crippen molar-refractivity contribution < 1.29 is 23.4 Å². The Bertz CT molecular complexity index is 776. The van der Waals surface area contributed by atoms with Crippen LogP contribution in [0.2, 0.25) is 0 Å². The Kier molecular flexibility index (Phi) is 4.51. The second kappa shape index (κ2) is 6.47. The zero-order valence-corrected chi connectivity index (χ0v) is 13.4. The lowest BCUT2D eigenvalue weighted by atomic mass is 9.81. The summed E-state index contributed by atoms with van der Waals surface area (Å²) in [5.74, 6) is 0.0727. The number of halogens is 3. The molecule has 1 aliphatic rings. The summed E-state index contributed by atoms with van der Waals surface area (Å²) in [5, 5.41) is 29.9. The zero-order chi connectivity index (χ0) is 18.2. The molecule has 0 amide bonds. The van der Waals surface area contributed by atoms with Crippen LogP contribution in [0.3, 0.4) is 0 Å². The molecule has 0 bridgehead atoms. The largest absolute Gasteiger partial charge is 0.507 e. The lowest BCUT2D eigenvalue weighted by molar-refractivity contribution is -0.137. The average molecular weight is 354 g/mol. The van der Waals surface area contributed by atoms with Gasteiger partial charge in [0.2, 0.25) is 5.95 Å². The number of hydrogen-bond acceptors (Lipinski definition) is 6. The number of aliphatic hydroxyl groups excluding tert-OH is 1. The number of aryl methyl sites for hydroxylation is 1. The molecule has 2 aromatic rings. The first-order chi connectivity index (χ1) is 11.8. The van der Waals surface area contributed by atoms with E-state index in [2.05, 4.69) is 20.5 Å². The molecule has 25 heavy (non-hydrogen) atoms. The number of aromatic hydroxyl groups is 1. The lowest BCUT2D eigenvalue weighted by Crippen LogP contribution is -2.37. The van der Waals surface area contributed by atoms with E-state index in [1.54, 1.807) is 6.92 Å². The molecule has 1 aromatic carbocycles. The minimum atomic E-state index is -4.53.